The van der Waals surface area contributed by atoms with Crippen molar-refractivity contribution in [2.75, 3.05) is 33.4 Å². The normalized spacial score (nSPS) is 24.0. The van der Waals surface area contributed by atoms with Gasteiger partial charge in [-0.05, 0) is 30.0 Å². The molecule has 1 aromatic rings. The molecule has 1 saturated heterocycles. The van der Waals surface area contributed by atoms with Crippen LogP contribution >= 0.6 is 20.0 Å². The highest BCUT2D eigenvalue weighted by Gasteiger charge is 2.53. The van der Waals surface area contributed by atoms with E-state index in [1.807, 2.05) is 0 Å². The summed E-state index contributed by atoms with van der Waals surface area (Å²) in [4.78, 5) is 37.7. The molecule has 2 heterocycles. The Kier molecular flexibility index (Phi) is 11.2. The molecule has 16 nitrogen and oxygen atoms in total. The van der Waals surface area contributed by atoms with E-state index >= 15 is 0 Å². The van der Waals surface area contributed by atoms with Crippen molar-refractivity contribution in [2.24, 2.45) is 10.8 Å². The first-order chi connectivity index (χ1) is 20.0. The minimum atomic E-state index is -5.17. The third-order valence-corrected chi connectivity index (χ3v) is 6.55. The minimum Gasteiger partial charge on any atom is -0.434 e. The van der Waals surface area contributed by atoms with E-state index in [1.54, 1.807) is 41.5 Å². The Balaban J connectivity index is 2.22. The Morgan fingerprint density at radius 3 is 2.02 bits per heavy atom. The number of aromatic nitrogens is 2. The molecule has 0 aliphatic carbocycles. The molecule has 1 aliphatic heterocycles. The lowest BCUT2D eigenvalue weighted by molar-refractivity contribution is -0.0984. The fourth-order valence-electron chi connectivity index (χ4n) is 2.97. The maximum absolute atomic E-state index is 13.5. The van der Waals surface area contributed by atoms with Crippen LogP contribution in [0, 0.1) is 15.6 Å². The molecule has 1 aromatic heterocycles. The molecule has 0 radical (unpaired) electrons. The van der Waals surface area contributed by atoms with E-state index in [0.29, 0.717) is 0 Å². The Hall–Kier alpha value is -2.37. The number of phosphoric ester groups is 1. The number of hydrogen-bond acceptors (Lipinski definition) is 15. The van der Waals surface area contributed by atoms with Crippen molar-refractivity contribution >= 4 is 32.4 Å². The topological polar surface area (TPSA) is 203 Å². The van der Waals surface area contributed by atoms with Crippen LogP contribution in [-0.2, 0) is 41.8 Å². The smallest absolute Gasteiger partial charge is 0.434 e. The van der Waals surface area contributed by atoms with Crippen LogP contribution in [0.15, 0.2) is 17.1 Å². The van der Waals surface area contributed by atoms with Crippen LogP contribution in [0.5, 0.6) is 0 Å². The van der Waals surface area contributed by atoms with Crippen LogP contribution < -0.4 is 5.56 Å². The zero-order valence-corrected chi connectivity index (χ0v) is 26.0. The number of aliphatic hydroxyl groups excluding tert-OH is 1. The first-order valence-electron chi connectivity index (χ1n) is 13.5. The number of hydrogen-bond donors (Lipinski definition) is 3. The molecule has 18 heteroatoms. The quantitative estimate of drug-likeness (QED) is 0.129. The van der Waals surface area contributed by atoms with Gasteiger partial charge < -0.3 is 33.9 Å². The number of carbonyl (C=O) groups is 2. The molecule has 1 unspecified atom stereocenters. The summed E-state index contributed by atoms with van der Waals surface area (Å²) in [6.45, 7) is 6.20. The molecule has 0 aromatic carbocycles. The monoisotopic (exact) mass is 644 g/mol. The van der Waals surface area contributed by atoms with Crippen molar-refractivity contribution in [3.63, 3.8) is 0 Å². The summed E-state index contributed by atoms with van der Waals surface area (Å²) in [7, 11) is -5.17. The van der Waals surface area contributed by atoms with Crippen molar-refractivity contribution in [2.45, 2.75) is 72.5 Å². The second-order valence-electron chi connectivity index (χ2n) is 11.7. The summed E-state index contributed by atoms with van der Waals surface area (Å²) in [6.07, 6.45) is -6.97. The number of carbonyl (C=O) groups excluding carboxylic acids is 2. The highest BCUT2D eigenvalue weighted by atomic mass is 32.1. The average molecular weight is 645 g/mol. The lowest BCUT2D eigenvalue weighted by atomic mass is 9.96. The third-order valence-electron chi connectivity index (χ3n) is 5.07. The fraction of sp³-hybridized carbons (Fsp3) is 0.750. The number of phosphoric acid groups is 1. The number of rotatable bonds is 12. The van der Waals surface area contributed by atoms with Gasteiger partial charge >= 0.3 is 20.1 Å². The van der Waals surface area contributed by atoms with Gasteiger partial charge in [-0.3, -0.25) is 18.9 Å². The van der Waals surface area contributed by atoms with Gasteiger partial charge in [-0.25, -0.2) is 23.2 Å². The average Bonchev–Trinajstić information content (AvgIpc) is 3.09. The van der Waals surface area contributed by atoms with E-state index in [0.717, 1.165) is 23.8 Å². The SMILES string of the molecule is [2H]C([2H])(OP(=O)(OCOC(=O)OCC(C)(C)C)OCOC(=O)OCC(C)(C)C)[C@H]1O[C@@H](n2ccc(=O)[nH]c2=S)C(C)(O)[C@H]1O. The third kappa shape index (κ3) is 11.4. The van der Waals surface area contributed by atoms with Crippen LogP contribution in [-0.4, -0.2) is 83.2 Å². The molecule has 0 bridgehead atoms. The molecule has 0 amide bonds. The molecule has 2 rings (SSSR count). The van der Waals surface area contributed by atoms with E-state index < -0.39 is 80.7 Å². The molecule has 240 valence electrons. The van der Waals surface area contributed by atoms with Crippen LogP contribution in [0.2, 0.25) is 0 Å². The number of nitrogens with zero attached hydrogens (tertiary/aromatic N) is 1. The van der Waals surface area contributed by atoms with E-state index in [1.165, 1.54) is 0 Å². The van der Waals surface area contributed by atoms with E-state index in [9.17, 15) is 29.2 Å². The van der Waals surface area contributed by atoms with Gasteiger partial charge in [0.1, 0.15) is 17.8 Å². The maximum Gasteiger partial charge on any atom is 0.510 e. The van der Waals surface area contributed by atoms with Crippen LogP contribution in [0.25, 0.3) is 0 Å². The lowest BCUT2D eigenvalue weighted by Crippen LogP contribution is -2.44. The summed E-state index contributed by atoms with van der Waals surface area (Å²) >= 11 is 5.07. The highest BCUT2D eigenvalue weighted by molar-refractivity contribution is 7.71. The number of aliphatic hydroxyl groups is 2. The summed E-state index contributed by atoms with van der Waals surface area (Å²) < 4.78 is 70.6. The van der Waals surface area contributed by atoms with Crippen molar-refractivity contribution in [1.29, 1.82) is 0 Å². The standard InChI is InChI=1S/C24H39N2O14PS/c1-22(2,3)11-33-20(29)35-13-38-41(32,39-14-36-21(30)34-12-23(4,5)6)37-10-15-17(28)24(7,31)18(40-15)26-9-8-16(27)25-19(26)42/h8-9,15,17-18,28,31H,10-14H2,1-7H3,(H,25,27,42)/t15-,17+,18-,24?/m1/s1/i10D2. The van der Waals surface area contributed by atoms with Crippen molar-refractivity contribution in [3.05, 3.63) is 27.4 Å². The number of H-pyrrole nitrogens is 1. The van der Waals surface area contributed by atoms with Gasteiger partial charge in [0.15, 0.2) is 11.0 Å². The van der Waals surface area contributed by atoms with Crippen molar-refractivity contribution in [1.82, 2.24) is 9.55 Å². The lowest BCUT2D eigenvalue weighted by Gasteiger charge is -2.28. The van der Waals surface area contributed by atoms with Gasteiger partial charge in [0.05, 0.1) is 22.5 Å². The molecular weight excluding hydrogens is 603 g/mol. The Morgan fingerprint density at radius 2 is 1.57 bits per heavy atom. The second kappa shape index (κ2) is 14.4. The maximum atomic E-state index is 13.5. The first-order valence-corrected chi connectivity index (χ1v) is 14.4. The van der Waals surface area contributed by atoms with Crippen molar-refractivity contribution in [3.8, 4) is 0 Å². The second-order valence-corrected chi connectivity index (χ2v) is 13.7. The fourth-order valence-corrected chi connectivity index (χ4v) is 4.01. The summed E-state index contributed by atoms with van der Waals surface area (Å²) in [6, 6.07) is 1.05. The number of aromatic amines is 1. The minimum absolute atomic E-state index is 0.0408. The molecule has 3 N–H and O–H groups in total. The Bertz CT molecular complexity index is 1280. The van der Waals surface area contributed by atoms with Gasteiger partial charge in [-0.2, -0.15) is 0 Å². The molecule has 1 aliphatic rings. The first kappa shape index (κ1) is 32.5. The van der Waals surface area contributed by atoms with E-state index in [4.69, 9.17) is 52.2 Å². The molecular formula is C24H39N2O14PS. The van der Waals surface area contributed by atoms with E-state index in [-0.39, 0.29) is 18.0 Å². The molecule has 42 heavy (non-hydrogen) atoms. The Morgan fingerprint density at radius 1 is 1.07 bits per heavy atom. The Labute approximate surface area is 250 Å². The zero-order chi connectivity index (χ0) is 33.7. The summed E-state index contributed by atoms with van der Waals surface area (Å²) in [5, 5.41) is 21.8. The highest BCUT2D eigenvalue weighted by Crippen LogP contribution is 2.50. The van der Waals surface area contributed by atoms with Gasteiger partial charge in [0, 0.05) is 12.3 Å². The van der Waals surface area contributed by atoms with Gasteiger partial charge in [0.25, 0.3) is 5.56 Å². The predicted octanol–water partition coefficient (Wildman–Crippen LogP) is 3.39. The molecule has 0 saturated carbocycles. The summed E-state index contributed by atoms with van der Waals surface area (Å²) in [5.74, 6) is 0. The number of nitrogens with one attached hydrogen (secondary N) is 1. The molecule has 1 fully saturated rings. The number of ether oxygens (including phenoxy) is 5. The zero-order valence-electron chi connectivity index (χ0n) is 26.3. The summed E-state index contributed by atoms with van der Waals surface area (Å²) in [5.41, 5.74) is -3.61. The largest absolute Gasteiger partial charge is 0.510 e. The van der Waals surface area contributed by atoms with Crippen LogP contribution in [0.4, 0.5) is 9.59 Å². The van der Waals surface area contributed by atoms with Crippen LogP contribution in [0.1, 0.15) is 57.4 Å². The van der Waals surface area contributed by atoms with Gasteiger partial charge in [-0.15, -0.1) is 0 Å². The van der Waals surface area contributed by atoms with Crippen molar-refractivity contribution < 1.29 is 64.4 Å². The molecule has 0 spiro atoms. The van der Waals surface area contributed by atoms with E-state index in [2.05, 4.69) is 4.98 Å². The van der Waals surface area contributed by atoms with Crippen LogP contribution in [0.3, 0.4) is 0 Å². The van der Waals surface area contributed by atoms with Gasteiger partial charge in [0.2, 0.25) is 13.6 Å². The molecule has 4 atom stereocenters. The predicted molar refractivity (Wildman–Crippen MR) is 146 cm³/mol. The van der Waals surface area contributed by atoms with Gasteiger partial charge in [-0.1, -0.05) is 41.5 Å².